The normalized spacial score (nSPS) is 47.8. The summed E-state index contributed by atoms with van der Waals surface area (Å²) in [6, 6.07) is 0. The van der Waals surface area contributed by atoms with Crippen molar-refractivity contribution in [2.75, 3.05) is 0 Å². The zero-order chi connectivity index (χ0) is 13.9. The van der Waals surface area contributed by atoms with E-state index in [9.17, 15) is 4.79 Å². The molecule has 3 saturated carbocycles. The molecule has 0 bridgehead atoms. The number of Topliss-reactive ketones (excluding diaryl/α,β-unsaturated/α-hetero) is 1. The molecule has 4 aliphatic carbocycles. The topological polar surface area (TPSA) is 17.1 Å². The lowest BCUT2D eigenvalue weighted by atomic mass is 9.48. The van der Waals surface area contributed by atoms with Gasteiger partial charge in [0, 0.05) is 12.8 Å². The molecular formula is C19H28O. The van der Waals surface area contributed by atoms with Crippen LogP contribution in [-0.2, 0) is 4.79 Å². The molecule has 0 N–H and O–H groups in total. The second-order valence-electron chi connectivity index (χ2n) is 8.28. The minimum Gasteiger partial charge on any atom is -0.300 e. The van der Waals surface area contributed by atoms with Gasteiger partial charge in [-0.2, -0.15) is 0 Å². The monoisotopic (exact) mass is 272 g/mol. The molecule has 1 nitrogen and oxygen atoms in total. The second kappa shape index (κ2) is 4.45. The Hall–Kier alpha value is -0.590. The van der Waals surface area contributed by atoms with Gasteiger partial charge in [0.2, 0.25) is 0 Å². The Bertz CT molecular complexity index is 474. The Morgan fingerprint density at radius 2 is 1.90 bits per heavy atom. The Balaban J connectivity index is 1.64. The van der Waals surface area contributed by atoms with Gasteiger partial charge in [0.15, 0.2) is 0 Å². The van der Waals surface area contributed by atoms with E-state index in [1.54, 1.807) is 5.57 Å². The van der Waals surface area contributed by atoms with Gasteiger partial charge in [-0.15, -0.1) is 0 Å². The Morgan fingerprint density at radius 1 is 1.05 bits per heavy atom. The van der Waals surface area contributed by atoms with Gasteiger partial charge in [-0.25, -0.2) is 0 Å². The van der Waals surface area contributed by atoms with Crippen LogP contribution in [0, 0.1) is 29.1 Å². The van der Waals surface area contributed by atoms with Crippen molar-refractivity contribution in [2.45, 2.75) is 71.6 Å². The van der Waals surface area contributed by atoms with Crippen LogP contribution >= 0.6 is 0 Å². The summed E-state index contributed by atoms with van der Waals surface area (Å²) in [5, 5.41) is 0. The molecule has 0 aromatic heterocycles. The van der Waals surface area contributed by atoms with E-state index in [1.165, 1.54) is 44.9 Å². The quantitative estimate of drug-likeness (QED) is 0.573. The molecule has 0 heterocycles. The second-order valence-corrected chi connectivity index (χ2v) is 8.28. The molecule has 3 fully saturated rings. The van der Waals surface area contributed by atoms with Gasteiger partial charge in [-0.3, -0.25) is 4.79 Å². The van der Waals surface area contributed by atoms with Crippen LogP contribution in [0.25, 0.3) is 0 Å². The number of ketones is 1. The number of fused-ring (bicyclic) bond motifs is 5. The smallest absolute Gasteiger partial charge is 0.133 e. The summed E-state index contributed by atoms with van der Waals surface area (Å²) in [5.74, 6) is 4.03. The van der Waals surface area contributed by atoms with Crippen molar-refractivity contribution in [3.8, 4) is 0 Å². The van der Waals surface area contributed by atoms with Gasteiger partial charge in [0.25, 0.3) is 0 Å². The standard InChI is InChI=1S/C19H28O/c1-12-3-5-16-15(12)7-8-18-17(16)6-4-13-11-14(20)9-10-19(13,18)2/h13,16-18H,3-11H2,1-2H3/t13-,16-,17-,18-,19-/m1/s1. The molecule has 0 saturated heterocycles. The van der Waals surface area contributed by atoms with Gasteiger partial charge in [-0.1, -0.05) is 18.1 Å². The fraction of sp³-hybridized carbons (Fsp3) is 0.842. The van der Waals surface area contributed by atoms with E-state index in [1.807, 2.05) is 5.57 Å². The van der Waals surface area contributed by atoms with Crippen LogP contribution < -0.4 is 0 Å². The Labute approximate surface area is 123 Å². The van der Waals surface area contributed by atoms with E-state index in [2.05, 4.69) is 13.8 Å². The van der Waals surface area contributed by atoms with Gasteiger partial charge in [-0.05, 0) is 81.0 Å². The molecule has 0 radical (unpaired) electrons. The fourth-order valence-corrected chi connectivity index (χ4v) is 6.46. The van der Waals surface area contributed by atoms with Crippen LogP contribution in [-0.4, -0.2) is 5.78 Å². The SMILES string of the molecule is CC1=C2CC[C@@H]3[C@H](CC[C@@H]4CC(=O)CC[C@]43C)[C@@H]2CC1. The Morgan fingerprint density at radius 3 is 2.75 bits per heavy atom. The van der Waals surface area contributed by atoms with E-state index in [-0.39, 0.29) is 0 Å². The van der Waals surface area contributed by atoms with Crippen LogP contribution in [0.5, 0.6) is 0 Å². The van der Waals surface area contributed by atoms with Crippen molar-refractivity contribution < 1.29 is 4.79 Å². The van der Waals surface area contributed by atoms with Crippen molar-refractivity contribution in [2.24, 2.45) is 29.1 Å². The number of rotatable bonds is 0. The summed E-state index contributed by atoms with van der Waals surface area (Å²) in [5.41, 5.74) is 4.05. The average molecular weight is 272 g/mol. The first kappa shape index (κ1) is 13.1. The highest BCUT2D eigenvalue weighted by Crippen LogP contribution is 2.62. The van der Waals surface area contributed by atoms with Crippen LogP contribution in [0.4, 0.5) is 0 Å². The number of carbonyl (C=O) groups is 1. The van der Waals surface area contributed by atoms with Crippen molar-refractivity contribution in [3.05, 3.63) is 11.1 Å². The zero-order valence-corrected chi connectivity index (χ0v) is 13.1. The minimum atomic E-state index is 0.485. The van der Waals surface area contributed by atoms with Gasteiger partial charge < -0.3 is 0 Å². The summed E-state index contributed by atoms with van der Waals surface area (Å²) in [7, 11) is 0. The number of allylic oxidation sites excluding steroid dienone is 2. The lowest BCUT2D eigenvalue weighted by Gasteiger charge is -2.57. The molecule has 0 amide bonds. The molecule has 0 aliphatic heterocycles. The van der Waals surface area contributed by atoms with Gasteiger partial charge in [0.1, 0.15) is 5.78 Å². The molecule has 0 aromatic carbocycles. The third-order valence-corrected chi connectivity index (χ3v) is 7.63. The summed E-state index contributed by atoms with van der Waals surface area (Å²) < 4.78 is 0. The molecule has 110 valence electrons. The molecule has 4 rings (SSSR count). The summed E-state index contributed by atoms with van der Waals surface area (Å²) in [6.07, 6.45) is 11.2. The van der Waals surface area contributed by atoms with Gasteiger partial charge in [0.05, 0.1) is 0 Å². The van der Waals surface area contributed by atoms with Crippen LogP contribution in [0.15, 0.2) is 11.1 Å². The lowest BCUT2D eigenvalue weighted by molar-refractivity contribution is -0.132. The first-order chi connectivity index (χ1) is 9.59. The van der Waals surface area contributed by atoms with E-state index < -0.39 is 0 Å². The number of carbonyl (C=O) groups excluding carboxylic acids is 1. The predicted octanol–water partition coefficient (Wildman–Crippen LogP) is 4.91. The van der Waals surface area contributed by atoms with E-state index >= 15 is 0 Å². The van der Waals surface area contributed by atoms with Crippen LogP contribution in [0.1, 0.15) is 71.6 Å². The first-order valence-electron chi connectivity index (χ1n) is 8.80. The summed E-state index contributed by atoms with van der Waals surface area (Å²) in [4.78, 5) is 11.8. The molecule has 0 spiro atoms. The highest BCUT2D eigenvalue weighted by Gasteiger charge is 2.54. The fourth-order valence-electron chi connectivity index (χ4n) is 6.46. The maximum atomic E-state index is 11.8. The predicted molar refractivity (Wildman–Crippen MR) is 81.3 cm³/mol. The average Bonchev–Trinajstić information content (AvgIpc) is 2.82. The van der Waals surface area contributed by atoms with E-state index in [4.69, 9.17) is 0 Å². The minimum absolute atomic E-state index is 0.485. The summed E-state index contributed by atoms with van der Waals surface area (Å²) >= 11 is 0. The maximum Gasteiger partial charge on any atom is 0.133 e. The third-order valence-electron chi connectivity index (χ3n) is 7.63. The van der Waals surface area contributed by atoms with E-state index in [0.717, 1.165) is 30.6 Å². The molecule has 0 aromatic rings. The molecule has 1 heteroatoms. The number of hydrogen-bond acceptors (Lipinski definition) is 1. The molecule has 4 aliphatic rings. The Kier molecular flexibility index (Phi) is 2.91. The lowest BCUT2D eigenvalue weighted by Crippen LogP contribution is -2.50. The van der Waals surface area contributed by atoms with Crippen molar-refractivity contribution >= 4 is 5.78 Å². The summed E-state index contributed by atoms with van der Waals surface area (Å²) in [6.45, 7) is 4.92. The largest absolute Gasteiger partial charge is 0.300 e. The zero-order valence-electron chi connectivity index (χ0n) is 13.1. The highest BCUT2D eigenvalue weighted by atomic mass is 16.1. The van der Waals surface area contributed by atoms with Crippen molar-refractivity contribution in [1.82, 2.24) is 0 Å². The maximum absolute atomic E-state index is 11.8. The van der Waals surface area contributed by atoms with Gasteiger partial charge >= 0.3 is 0 Å². The molecule has 20 heavy (non-hydrogen) atoms. The van der Waals surface area contributed by atoms with Crippen LogP contribution in [0.2, 0.25) is 0 Å². The third kappa shape index (κ3) is 1.71. The van der Waals surface area contributed by atoms with Crippen LogP contribution in [0.3, 0.4) is 0 Å². The van der Waals surface area contributed by atoms with E-state index in [0.29, 0.717) is 17.1 Å². The molecule has 5 atom stereocenters. The first-order valence-corrected chi connectivity index (χ1v) is 8.80. The van der Waals surface area contributed by atoms with Crippen molar-refractivity contribution in [1.29, 1.82) is 0 Å². The molecular weight excluding hydrogens is 244 g/mol. The molecule has 0 unspecified atom stereocenters. The number of hydrogen-bond donors (Lipinski definition) is 0. The van der Waals surface area contributed by atoms with Crippen molar-refractivity contribution in [3.63, 3.8) is 0 Å². The highest BCUT2D eigenvalue weighted by molar-refractivity contribution is 5.79.